The Kier molecular flexibility index (Phi) is 4.81. The van der Waals surface area contributed by atoms with Crippen molar-refractivity contribution in [3.05, 3.63) is 35.4 Å². The van der Waals surface area contributed by atoms with Gasteiger partial charge in [-0.1, -0.05) is 55.3 Å². The molecule has 5 heteroatoms. The number of aryl methyl sites for hydroxylation is 1. The number of alkyl halides is 1. The molecule has 2 atom stereocenters. The minimum absolute atomic E-state index is 0.0900. The molecule has 0 amide bonds. The molecular formula is C13H19ClO3S. The van der Waals surface area contributed by atoms with E-state index in [4.69, 9.17) is 11.6 Å². The predicted molar refractivity (Wildman–Crippen MR) is 74.5 cm³/mol. The minimum atomic E-state index is -3.55. The summed E-state index contributed by atoms with van der Waals surface area (Å²) in [7, 11) is -3.55. The number of sulfone groups is 1. The number of benzene rings is 1. The highest BCUT2D eigenvalue weighted by Crippen LogP contribution is 2.40. The summed E-state index contributed by atoms with van der Waals surface area (Å²) in [5.74, 6) is -0.0900. The molecular weight excluding hydrogens is 272 g/mol. The molecule has 0 fully saturated rings. The van der Waals surface area contributed by atoms with Crippen LogP contribution in [0, 0.1) is 6.92 Å². The first-order valence-electron chi connectivity index (χ1n) is 5.94. The molecule has 0 aliphatic rings. The molecule has 18 heavy (non-hydrogen) atoms. The van der Waals surface area contributed by atoms with Crippen LogP contribution in [0.3, 0.4) is 0 Å². The molecule has 0 aliphatic carbocycles. The molecule has 0 aliphatic heterocycles. The fourth-order valence-corrected chi connectivity index (χ4v) is 3.67. The van der Waals surface area contributed by atoms with E-state index < -0.39 is 20.1 Å². The largest absolute Gasteiger partial charge is 0.385 e. The second kappa shape index (κ2) is 5.59. The van der Waals surface area contributed by atoms with Crippen LogP contribution in [-0.4, -0.2) is 23.5 Å². The third-order valence-electron chi connectivity index (χ3n) is 3.18. The van der Waals surface area contributed by atoms with E-state index in [9.17, 15) is 13.5 Å². The van der Waals surface area contributed by atoms with Gasteiger partial charge in [0.25, 0.3) is 0 Å². The molecule has 0 heterocycles. The molecule has 0 aromatic heterocycles. The summed E-state index contributed by atoms with van der Waals surface area (Å²) in [6, 6.07) is 7.06. The highest BCUT2D eigenvalue weighted by Gasteiger charge is 2.46. The fraction of sp³-hybridized carbons (Fsp3) is 0.538. The van der Waals surface area contributed by atoms with Crippen LogP contribution in [0.25, 0.3) is 0 Å². The van der Waals surface area contributed by atoms with E-state index in [0.29, 0.717) is 5.56 Å². The Bertz CT molecular complexity index is 495. The lowest BCUT2D eigenvalue weighted by atomic mass is 10.0. The summed E-state index contributed by atoms with van der Waals surface area (Å²) in [6.45, 7) is 5.12. The summed E-state index contributed by atoms with van der Waals surface area (Å²) in [5, 5.41) is 10.3. The fourth-order valence-electron chi connectivity index (χ4n) is 1.82. The summed E-state index contributed by atoms with van der Waals surface area (Å²) in [5.41, 5.74) is 1.57. The second-order valence-electron chi connectivity index (χ2n) is 4.36. The van der Waals surface area contributed by atoms with Crippen molar-refractivity contribution >= 4 is 21.4 Å². The standard InChI is InChI=1S/C13H19ClO3S/c1-4-13(14,18(16,17)5-2)12(15)11-8-6-10(3)7-9-11/h6-9,12,15H,4-5H2,1-3H3/t12-,13+/m0/s1. The van der Waals surface area contributed by atoms with Gasteiger partial charge in [-0.25, -0.2) is 8.42 Å². The number of halogens is 1. The van der Waals surface area contributed by atoms with Gasteiger partial charge in [0.1, 0.15) is 6.10 Å². The Hall–Kier alpha value is -0.580. The SMILES string of the molecule is CC[C@](Cl)([C@@H](O)c1ccc(C)cc1)S(=O)(=O)CC. The van der Waals surface area contributed by atoms with Crippen LogP contribution in [0.15, 0.2) is 24.3 Å². The van der Waals surface area contributed by atoms with Gasteiger partial charge in [-0.2, -0.15) is 0 Å². The van der Waals surface area contributed by atoms with E-state index >= 15 is 0 Å². The van der Waals surface area contributed by atoms with Crippen molar-refractivity contribution in [1.82, 2.24) is 0 Å². The number of hydrogen-bond donors (Lipinski definition) is 1. The van der Waals surface area contributed by atoms with Crippen molar-refractivity contribution < 1.29 is 13.5 Å². The van der Waals surface area contributed by atoms with Crippen molar-refractivity contribution in [2.24, 2.45) is 0 Å². The van der Waals surface area contributed by atoms with Crippen LogP contribution < -0.4 is 0 Å². The minimum Gasteiger partial charge on any atom is -0.385 e. The molecule has 3 nitrogen and oxygen atoms in total. The zero-order valence-corrected chi connectivity index (χ0v) is 12.4. The van der Waals surface area contributed by atoms with Crippen LogP contribution in [-0.2, 0) is 9.84 Å². The molecule has 0 saturated carbocycles. The predicted octanol–water partition coefficient (Wildman–Crippen LogP) is 2.81. The maximum Gasteiger partial charge on any atom is 0.175 e. The maximum absolute atomic E-state index is 12.0. The summed E-state index contributed by atoms with van der Waals surface area (Å²) >= 11 is 6.20. The maximum atomic E-state index is 12.0. The number of rotatable bonds is 5. The Balaban J connectivity index is 3.21. The molecule has 0 bridgehead atoms. The first-order valence-corrected chi connectivity index (χ1v) is 7.97. The Labute approximate surface area is 114 Å². The third kappa shape index (κ3) is 2.71. The van der Waals surface area contributed by atoms with Crippen LogP contribution in [0.4, 0.5) is 0 Å². The van der Waals surface area contributed by atoms with E-state index in [1.54, 1.807) is 19.1 Å². The van der Waals surface area contributed by atoms with Gasteiger partial charge in [0.05, 0.1) is 0 Å². The van der Waals surface area contributed by atoms with Crippen molar-refractivity contribution in [2.75, 3.05) is 5.75 Å². The quantitative estimate of drug-likeness (QED) is 0.849. The molecule has 0 saturated heterocycles. The normalized spacial score (nSPS) is 17.2. The number of aliphatic hydroxyl groups is 1. The van der Waals surface area contributed by atoms with E-state index in [0.717, 1.165) is 5.56 Å². The van der Waals surface area contributed by atoms with Crippen molar-refractivity contribution in [2.45, 2.75) is 37.5 Å². The van der Waals surface area contributed by atoms with Gasteiger partial charge in [-0.3, -0.25) is 0 Å². The topological polar surface area (TPSA) is 54.4 Å². The van der Waals surface area contributed by atoms with E-state index in [1.165, 1.54) is 6.92 Å². The highest BCUT2D eigenvalue weighted by atomic mass is 35.5. The number of aliphatic hydroxyl groups excluding tert-OH is 1. The molecule has 1 aromatic rings. The van der Waals surface area contributed by atoms with Crippen LogP contribution >= 0.6 is 11.6 Å². The second-order valence-corrected chi connectivity index (χ2v) is 7.79. The molecule has 0 unspecified atom stereocenters. The molecule has 1 aromatic carbocycles. The van der Waals surface area contributed by atoms with Crippen LogP contribution in [0.1, 0.15) is 37.5 Å². The van der Waals surface area contributed by atoms with Gasteiger partial charge in [0.15, 0.2) is 14.0 Å². The average molecular weight is 291 g/mol. The molecule has 0 spiro atoms. The lowest BCUT2D eigenvalue weighted by molar-refractivity contribution is 0.154. The highest BCUT2D eigenvalue weighted by molar-refractivity contribution is 7.94. The first-order chi connectivity index (χ1) is 8.28. The zero-order chi connectivity index (χ0) is 14.0. The van der Waals surface area contributed by atoms with E-state index in [2.05, 4.69) is 0 Å². The first kappa shape index (κ1) is 15.5. The molecule has 1 rings (SSSR count). The third-order valence-corrected chi connectivity index (χ3v) is 6.67. The molecule has 0 radical (unpaired) electrons. The van der Waals surface area contributed by atoms with E-state index in [-0.39, 0.29) is 12.2 Å². The van der Waals surface area contributed by atoms with Crippen molar-refractivity contribution in [3.8, 4) is 0 Å². The Morgan fingerprint density at radius 2 is 1.78 bits per heavy atom. The van der Waals surface area contributed by atoms with Gasteiger partial charge in [-0.15, -0.1) is 0 Å². The van der Waals surface area contributed by atoms with E-state index in [1.807, 2.05) is 19.1 Å². The summed E-state index contributed by atoms with van der Waals surface area (Å²) in [4.78, 5) is 0. The van der Waals surface area contributed by atoms with Gasteiger partial charge in [-0.05, 0) is 18.9 Å². The van der Waals surface area contributed by atoms with Gasteiger partial charge in [0, 0.05) is 5.75 Å². The Morgan fingerprint density at radius 3 is 2.17 bits per heavy atom. The monoisotopic (exact) mass is 290 g/mol. The van der Waals surface area contributed by atoms with Crippen LogP contribution in [0.2, 0.25) is 0 Å². The lowest BCUT2D eigenvalue weighted by Gasteiger charge is -2.30. The van der Waals surface area contributed by atoms with Gasteiger partial charge in [0.2, 0.25) is 0 Å². The molecule has 1 N–H and O–H groups in total. The van der Waals surface area contributed by atoms with Crippen LogP contribution in [0.5, 0.6) is 0 Å². The Morgan fingerprint density at radius 1 is 1.28 bits per heavy atom. The molecule has 102 valence electrons. The smallest absolute Gasteiger partial charge is 0.175 e. The van der Waals surface area contributed by atoms with Crippen molar-refractivity contribution in [1.29, 1.82) is 0 Å². The van der Waals surface area contributed by atoms with Gasteiger partial charge < -0.3 is 5.11 Å². The number of hydrogen-bond acceptors (Lipinski definition) is 3. The summed E-state index contributed by atoms with van der Waals surface area (Å²) in [6.07, 6.45) is -1.07. The average Bonchev–Trinajstić information content (AvgIpc) is 2.37. The zero-order valence-electron chi connectivity index (χ0n) is 10.9. The van der Waals surface area contributed by atoms with Gasteiger partial charge >= 0.3 is 0 Å². The lowest BCUT2D eigenvalue weighted by Crippen LogP contribution is -2.39. The van der Waals surface area contributed by atoms with Crippen molar-refractivity contribution in [3.63, 3.8) is 0 Å². The summed E-state index contributed by atoms with van der Waals surface area (Å²) < 4.78 is 22.4.